The molecule has 0 saturated carbocycles. The van der Waals surface area contributed by atoms with Crippen molar-refractivity contribution in [3.05, 3.63) is 16.4 Å². The van der Waals surface area contributed by atoms with Crippen LogP contribution in [0, 0.1) is 0 Å². The molecule has 1 rings (SSSR count). The van der Waals surface area contributed by atoms with E-state index in [-0.39, 0.29) is 0 Å². The zero-order valence-electron chi connectivity index (χ0n) is 3.73. The van der Waals surface area contributed by atoms with Crippen LogP contribution in [0.2, 0.25) is 0 Å². The molecular weight excluding hydrogens is 236 g/mol. The molecule has 41 valence electrons. The highest BCUT2D eigenvalue weighted by Gasteiger charge is 1.94. The third-order valence-electron chi connectivity index (χ3n) is 0.544. The highest BCUT2D eigenvalue weighted by molar-refractivity contribution is 9.18. The third-order valence-corrected chi connectivity index (χ3v) is 1.32. The zero-order chi connectivity index (χ0) is 5.98. The average Bonchev–Trinajstić information content (AvgIpc) is 1.77. The molecule has 0 aromatic carbocycles. The second-order valence-electron chi connectivity index (χ2n) is 1.10. The van der Waals surface area contributed by atoms with Crippen molar-refractivity contribution in [2.24, 2.45) is 5.10 Å². The van der Waals surface area contributed by atoms with Crippen molar-refractivity contribution in [1.29, 1.82) is 0 Å². The van der Waals surface area contributed by atoms with Crippen LogP contribution < -0.4 is 5.43 Å². The summed E-state index contributed by atoms with van der Waals surface area (Å²) in [5.74, 6) is 0. The van der Waals surface area contributed by atoms with E-state index in [1.165, 1.54) is 0 Å². The second-order valence-corrected chi connectivity index (χ2v) is 2.67. The minimum atomic E-state index is 0.626. The van der Waals surface area contributed by atoms with E-state index in [2.05, 4.69) is 48.1 Å². The summed E-state index contributed by atoms with van der Waals surface area (Å²) in [6, 6.07) is 0. The van der Waals surface area contributed by atoms with Crippen LogP contribution in [0.4, 0.5) is 0 Å². The van der Waals surface area contributed by atoms with E-state index in [0.717, 1.165) is 0 Å². The first-order valence-corrected chi connectivity index (χ1v) is 3.44. The molecule has 0 atom stereocenters. The van der Waals surface area contributed by atoms with Crippen LogP contribution in [0.5, 0.6) is 0 Å². The van der Waals surface area contributed by atoms with E-state index in [1.54, 1.807) is 6.08 Å². The molecule has 0 fully saturated rings. The standard InChI is InChI=1S/C4HBr2N2/c5-3-1-2-4(6)8-7-3/h1H. The van der Waals surface area contributed by atoms with Gasteiger partial charge in [0.1, 0.15) is 4.62 Å². The van der Waals surface area contributed by atoms with E-state index in [1.807, 2.05) is 0 Å². The summed E-state index contributed by atoms with van der Waals surface area (Å²) in [5.41, 5.74) is 6.44. The lowest BCUT2D eigenvalue weighted by molar-refractivity contribution is 0.937. The predicted molar refractivity (Wildman–Crippen MR) is 39.0 cm³/mol. The first kappa shape index (κ1) is 6.08. The van der Waals surface area contributed by atoms with Crippen LogP contribution in [-0.2, 0) is 0 Å². The minimum Gasteiger partial charge on any atom is -0.141 e. The van der Waals surface area contributed by atoms with Crippen molar-refractivity contribution in [1.82, 2.24) is 5.43 Å². The van der Waals surface area contributed by atoms with Crippen molar-refractivity contribution in [2.75, 3.05) is 0 Å². The van der Waals surface area contributed by atoms with Gasteiger partial charge in [-0.1, -0.05) is 5.73 Å². The molecular formula is C4HBr2N2. The smallest absolute Gasteiger partial charge is 0.141 e. The van der Waals surface area contributed by atoms with Crippen LogP contribution in [0.15, 0.2) is 21.5 Å². The van der Waals surface area contributed by atoms with Crippen molar-refractivity contribution < 1.29 is 0 Å². The Hall–Kier alpha value is -0.0500. The molecule has 0 aliphatic carbocycles. The lowest BCUT2D eigenvalue weighted by atomic mass is 10.6. The van der Waals surface area contributed by atoms with Crippen LogP contribution in [-0.4, -0.2) is 4.62 Å². The van der Waals surface area contributed by atoms with E-state index in [4.69, 9.17) is 0 Å². The molecule has 0 aromatic rings. The summed E-state index contributed by atoms with van der Waals surface area (Å²) in [5, 5.41) is 3.67. The van der Waals surface area contributed by atoms with Gasteiger partial charge in [-0.3, -0.25) is 0 Å². The van der Waals surface area contributed by atoms with Gasteiger partial charge in [0, 0.05) is 6.08 Å². The summed E-state index contributed by atoms with van der Waals surface area (Å²) in [4.78, 5) is 0. The van der Waals surface area contributed by atoms with Gasteiger partial charge in [-0.25, -0.2) is 0 Å². The van der Waals surface area contributed by atoms with E-state index >= 15 is 0 Å². The van der Waals surface area contributed by atoms with Crippen LogP contribution in [0.3, 0.4) is 0 Å². The van der Waals surface area contributed by atoms with Gasteiger partial charge >= 0.3 is 0 Å². The molecule has 0 amide bonds. The van der Waals surface area contributed by atoms with Gasteiger partial charge in [0.2, 0.25) is 0 Å². The van der Waals surface area contributed by atoms with Gasteiger partial charge in [0.05, 0.1) is 0 Å². The maximum Gasteiger partial charge on any atom is 0.170 e. The number of allylic oxidation sites excluding steroid dienone is 1. The summed E-state index contributed by atoms with van der Waals surface area (Å²) >= 11 is 6.22. The van der Waals surface area contributed by atoms with Crippen molar-refractivity contribution in [2.45, 2.75) is 0 Å². The maximum absolute atomic E-state index is 3.67. The molecule has 1 heterocycles. The molecule has 2 nitrogen and oxygen atoms in total. The molecule has 0 aromatic heterocycles. The van der Waals surface area contributed by atoms with Gasteiger partial charge < -0.3 is 0 Å². The van der Waals surface area contributed by atoms with Gasteiger partial charge in [-0.2, -0.15) is 0 Å². The quantitative estimate of drug-likeness (QED) is 0.452. The first-order valence-electron chi connectivity index (χ1n) is 1.85. The van der Waals surface area contributed by atoms with E-state index in [9.17, 15) is 0 Å². The molecule has 1 aliphatic heterocycles. The summed E-state index contributed by atoms with van der Waals surface area (Å²) < 4.78 is 1.32. The molecule has 0 bridgehead atoms. The number of halogens is 2. The Morgan fingerprint density at radius 2 is 2.25 bits per heavy atom. The number of nitrogens with zero attached hydrogens (tertiary/aromatic N) is 2. The fourth-order valence-electron chi connectivity index (χ4n) is 0.269. The Morgan fingerprint density at radius 3 is 2.62 bits per heavy atom. The fraction of sp³-hybridized carbons (Fsp3) is 0. The largest absolute Gasteiger partial charge is 0.170 e. The number of rotatable bonds is 0. The van der Waals surface area contributed by atoms with Gasteiger partial charge in [0.25, 0.3) is 0 Å². The van der Waals surface area contributed by atoms with E-state index in [0.29, 0.717) is 9.23 Å². The Labute approximate surface area is 63.6 Å². The second kappa shape index (κ2) is 2.49. The number of hydrogen-bond donors (Lipinski definition) is 0. The molecule has 0 spiro atoms. The van der Waals surface area contributed by atoms with Crippen LogP contribution >= 0.6 is 31.9 Å². The number of hydrogen-bond acceptors (Lipinski definition) is 1. The minimum absolute atomic E-state index is 0.626. The lowest BCUT2D eigenvalue weighted by Gasteiger charge is -1.92. The lowest BCUT2D eigenvalue weighted by Crippen LogP contribution is -1.95. The molecule has 4 heteroatoms. The predicted octanol–water partition coefficient (Wildman–Crippen LogP) is 1.70. The Morgan fingerprint density at radius 1 is 1.50 bits per heavy atom. The fourth-order valence-corrected chi connectivity index (χ4v) is 0.656. The molecule has 1 radical (unpaired) electrons. The molecule has 8 heavy (non-hydrogen) atoms. The molecule has 0 saturated heterocycles. The van der Waals surface area contributed by atoms with Gasteiger partial charge in [-0.05, 0) is 31.9 Å². The Bertz CT molecular complexity index is 188. The van der Waals surface area contributed by atoms with Crippen molar-refractivity contribution in [3.63, 3.8) is 0 Å². The zero-order valence-corrected chi connectivity index (χ0v) is 6.90. The highest BCUT2D eigenvalue weighted by atomic mass is 79.9. The monoisotopic (exact) mass is 235 g/mol. The Balaban J connectivity index is 2.86. The van der Waals surface area contributed by atoms with Crippen molar-refractivity contribution in [3.8, 4) is 0 Å². The van der Waals surface area contributed by atoms with Crippen molar-refractivity contribution >= 4 is 36.5 Å². The normalized spacial score (nSPS) is 16.8. The van der Waals surface area contributed by atoms with Gasteiger partial charge in [-0.15, -0.1) is 10.5 Å². The topological polar surface area (TPSA) is 26.5 Å². The SMILES string of the molecule is BrC1=C=CC(Br)=N[N]1. The third kappa shape index (κ3) is 1.47. The van der Waals surface area contributed by atoms with E-state index < -0.39 is 0 Å². The summed E-state index contributed by atoms with van der Waals surface area (Å²) in [6.45, 7) is 0. The summed E-state index contributed by atoms with van der Waals surface area (Å²) in [7, 11) is 0. The average molecular weight is 237 g/mol. The van der Waals surface area contributed by atoms with Gasteiger partial charge in [0.15, 0.2) is 4.61 Å². The molecule has 0 unspecified atom stereocenters. The summed E-state index contributed by atoms with van der Waals surface area (Å²) in [6.07, 6.45) is 1.69. The Kier molecular flexibility index (Phi) is 1.89. The first-order chi connectivity index (χ1) is 3.79. The molecule has 0 N–H and O–H groups in total. The maximum atomic E-state index is 3.67. The highest BCUT2D eigenvalue weighted by Crippen LogP contribution is 2.05. The molecule has 1 aliphatic rings. The van der Waals surface area contributed by atoms with Crippen LogP contribution in [0.25, 0.3) is 0 Å². The van der Waals surface area contributed by atoms with Crippen LogP contribution in [0.1, 0.15) is 0 Å².